The summed E-state index contributed by atoms with van der Waals surface area (Å²) in [4.78, 5) is 15.2. The summed E-state index contributed by atoms with van der Waals surface area (Å²) in [7, 11) is -3.85. The number of halogens is 1. The molecule has 0 amide bonds. The van der Waals surface area contributed by atoms with Crippen LogP contribution >= 0.6 is 0 Å². The third-order valence-corrected chi connectivity index (χ3v) is 5.60. The molecule has 0 fully saturated rings. The van der Waals surface area contributed by atoms with Crippen molar-refractivity contribution in [2.75, 3.05) is 0 Å². The molecule has 1 aromatic heterocycles. The number of nitrogens with zero attached hydrogens (tertiary/aromatic N) is 1. The normalized spacial score (nSPS) is 12.7. The molecule has 27 heavy (non-hydrogen) atoms. The van der Waals surface area contributed by atoms with Crippen LogP contribution in [-0.4, -0.2) is 19.2 Å². The standard InChI is InChI=1S/C20H22FNO4S/c1-15(23)12-20(2,3)13-17(14-26-19-11-7-10-18(21)22-19)27(24,25)16-8-5-4-6-9-16/h4-11,14H,12-13H2,1-3H3/b17-14+. The van der Waals surface area contributed by atoms with Crippen LogP contribution < -0.4 is 4.74 Å². The van der Waals surface area contributed by atoms with E-state index >= 15 is 0 Å². The van der Waals surface area contributed by atoms with Crippen molar-refractivity contribution in [1.82, 2.24) is 4.98 Å². The monoisotopic (exact) mass is 391 g/mol. The number of hydrogen-bond donors (Lipinski definition) is 0. The molecule has 0 bridgehead atoms. The van der Waals surface area contributed by atoms with E-state index < -0.39 is 21.2 Å². The number of ketones is 1. The van der Waals surface area contributed by atoms with Crippen LogP contribution in [0.1, 0.15) is 33.6 Å². The number of benzene rings is 1. The molecule has 0 spiro atoms. The molecule has 2 rings (SSSR count). The molecule has 1 aromatic carbocycles. The number of ether oxygens (including phenoxy) is 1. The fourth-order valence-electron chi connectivity index (χ4n) is 2.74. The largest absolute Gasteiger partial charge is 0.446 e. The maximum atomic E-state index is 13.2. The second-order valence-electron chi connectivity index (χ2n) is 7.04. The third kappa shape index (κ3) is 5.99. The first-order chi connectivity index (χ1) is 12.6. The lowest BCUT2D eigenvalue weighted by atomic mass is 9.84. The average Bonchev–Trinajstić information content (AvgIpc) is 2.58. The predicted molar refractivity (Wildman–Crippen MR) is 100 cm³/mol. The van der Waals surface area contributed by atoms with Gasteiger partial charge < -0.3 is 9.53 Å². The van der Waals surface area contributed by atoms with Crippen LogP contribution in [0.15, 0.2) is 64.6 Å². The highest BCUT2D eigenvalue weighted by molar-refractivity contribution is 7.95. The van der Waals surface area contributed by atoms with Crippen LogP contribution in [0.5, 0.6) is 5.88 Å². The van der Waals surface area contributed by atoms with Crippen LogP contribution in [0.2, 0.25) is 0 Å². The van der Waals surface area contributed by atoms with Gasteiger partial charge in [0, 0.05) is 12.5 Å². The van der Waals surface area contributed by atoms with Crippen LogP contribution in [0, 0.1) is 11.4 Å². The van der Waals surface area contributed by atoms with E-state index in [9.17, 15) is 17.6 Å². The topological polar surface area (TPSA) is 73.3 Å². The van der Waals surface area contributed by atoms with E-state index in [1.54, 1.807) is 18.2 Å². The Labute approximate surface area is 158 Å². The number of carbonyl (C=O) groups is 1. The SMILES string of the molecule is CC(=O)CC(C)(C)C/C(=C\Oc1cccc(F)n1)S(=O)(=O)c1ccccc1. The number of carbonyl (C=O) groups excluding carboxylic acids is 1. The number of sulfone groups is 1. The number of Topliss-reactive ketones (excluding diaryl/α,β-unsaturated/α-hetero) is 1. The minimum absolute atomic E-state index is 0.00832. The van der Waals surface area contributed by atoms with Crippen LogP contribution in [0.4, 0.5) is 4.39 Å². The summed E-state index contributed by atoms with van der Waals surface area (Å²) in [6, 6.07) is 11.9. The lowest BCUT2D eigenvalue weighted by Crippen LogP contribution is -2.20. The molecule has 0 unspecified atom stereocenters. The molecule has 0 N–H and O–H groups in total. The Bertz CT molecular complexity index is 937. The summed E-state index contributed by atoms with van der Waals surface area (Å²) in [5, 5.41) is 0. The van der Waals surface area contributed by atoms with Crippen molar-refractivity contribution in [3.8, 4) is 5.88 Å². The summed E-state index contributed by atoms with van der Waals surface area (Å²) >= 11 is 0. The molecule has 2 aromatic rings. The quantitative estimate of drug-likeness (QED) is 0.495. The first-order valence-electron chi connectivity index (χ1n) is 8.38. The Morgan fingerprint density at radius 1 is 1.11 bits per heavy atom. The fraction of sp³-hybridized carbons (Fsp3) is 0.300. The zero-order valence-corrected chi connectivity index (χ0v) is 16.3. The summed E-state index contributed by atoms with van der Waals surface area (Å²) in [5.41, 5.74) is -0.599. The number of hydrogen-bond acceptors (Lipinski definition) is 5. The number of aromatic nitrogens is 1. The van der Waals surface area contributed by atoms with Crippen molar-refractivity contribution >= 4 is 15.6 Å². The molecule has 0 radical (unpaired) electrons. The van der Waals surface area contributed by atoms with Crippen LogP contribution in [0.3, 0.4) is 0 Å². The van der Waals surface area contributed by atoms with Gasteiger partial charge in [-0.3, -0.25) is 0 Å². The first-order valence-corrected chi connectivity index (χ1v) is 9.86. The highest BCUT2D eigenvalue weighted by Crippen LogP contribution is 2.34. The van der Waals surface area contributed by atoms with Gasteiger partial charge in [0.25, 0.3) is 0 Å². The van der Waals surface area contributed by atoms with Gasteiger partial charge in [-0.25, -0.2) is 8.42 Å². The van der Waals surface area contributed by atoms with E-state index in [0.717, 1.165) is 12.3 Å². The second kappa shape index (κ2) is 8.43. The lowest BCUT2D eigenvalue weighted by Gasteiger charge is -2.24. The molecule has 144 valence electrons. The van der Waals surface area contributed by atoms with Gasteiger partial charge in [-0.1, -0.05) is 38.1 Å². The van der Waals surface area contributed by atoms with Crippen molar-refractivity contribution in [3.05, 3.63) is 65.6 Å². The summed E-state index contributed by atoms with van der Waals surface area (Å²) in [6.07, 6.45) is 1.37. The number of allylic oxidation sites excluding steroid dienone is 1. The van der Waals surface area contributed by atoms with Gasteiger partial charge in [0.05, 0.1) is 9.80 Å². The zero-order valence-electron chi connectivity index (χ0n) is 15.5. The molecule has 0 saturated heterocycles. The molecule has 0 saturated carbocycles. The minimum Gasteiger partial charge on any atom is -0.446 e. The van der Waals surface area contributed by atoms with E-state index in [1.165, 1.54) is 31.2 Å². The smallest absolute Gasteiger partial charge is 0.221 e. The molecule has 0 atom stereocenters. The highest BCUT2D eigenvalue weighted by Gasteiger charge is 2.29. The molecular formula is C20H22FNO4S. The minimum atomic E-state index is -3.85. The maximum absolute atomic E-state index is 13.2. The van der Waals surface area contributed by atoms with Gasteiger partial charge in [0.15, 0.2) is 0 Å². The van der Waals surface area contributed by atoms with E-state index in [0.29, 0.717) is 0 Å². The van der Waals surface area contributed by atoms with E-state index in [2.05, 4.69) is 4.98 Å². The first kappa shape index (κ1) is 20.8. The van der Waals surface area contributed by atoms with E-state index in [-0.39, 0.29) is 34.3 Å². The molecule has 5 nitrogen and oxygen atoms in total. The van der Waals surface area contributed by atoms with Gasteiger partial charge in [-0.2, -0.15) is 9.37 Å². The van der Waals surface area contributed by atoms with Crippen LogP contribution in [0.25, 0.3) is 0 Å². The summed E-state index contributed by atoms with van der Waals surface area (Å²) in [6.45, 7) is 5.08. The number of pyridine rings is 1. The summed E-state index contributed by atoms with van der Waals surface area (Å²) in [5.74, 6) is -0.824. The Kier molecular flexibility index (Phi) is 6.49. The molecule has 0 aliphatic carbocycles. The van der Waals surface area contributed by atoms with Crippen molar-refractivity contribution in [2.45, 2.75) is 38.5 Å². The van der Waals surface area contributed by atoms with Gasteiger partial charge in [0.1, 0.15) is 12.0 Å². The number of rotatable bonds is 8. The Balaban J connectivity index is 2.41. The van der Waals surface area contributed by atoms with Gasteiger partial charge in [-0.15, -0.1) is 0 Å². The molecular weight excluding hydrogens is 369 g/mol. The Morgan fingerprint density at radius 3 is 2.37 bits per heavy atom. The highest BCUT2D eigenvalue weighted by atomic mass is 32.2. The molecule has 0 aliphatic rings. The maximum Gasteiger partial charge on any atom is 0.221 e. The van der Waals surface area contributed by atoms with Gasteiger partial charge >= 0.3 is 0 Å². The molecule has 7 heteroatoms. The van der Waals surface area contributed by atoms with Crippen molar-refractivity contribution in [2.24, 2.45) is 5.41 Å². The Hall–Kier alpha value is -2.54. The molecule has 0 aliphatic heterocycles. The molecule has 1 heterocycles. The fourth-order valence-corrected chi connectivity index (χ4v) is 4.31. The van der Waals surface area contributed by atoms with E-state index in [4.69, 9.17) is 4.74 Å². The van der Waals surface area contributed by atoms with Crippen LogP contribution in [-0.2, 0) is 14.6 Å². The Morgan fingerprint density at radius 2 is 1.78 bits per heavy atom. The third-order valence-electron chi connectivity index (χ3n) is 3.78. The zero-order chi connectivity index (χ0) is 20.1. The van der Waals surface area contributed by atoms with Gasteiger partial charge in [-0.05, 0) is 37.0 Å². The lowest BCUT2D eigenvalue weighted by molar-refractivity contribution is -0.118. The predicted octanol–water partition coefficient (Wildman–Crippen LogP) is 4.31. The van der Waals surface area contributed by atoms with Crippen molar-refractivity contribution in [1.29, 1.82) is 0 Å². The second-order valence-corrected chi connectivity index (χ2v) is 9.04. The van der Waals surface area contributed by atoms with Crippen molar-refractivity contribution in [3.63, 3.8) is 0 Å². The van der Waals surface area contributed by atoms with Gasteiger partial charge in [0.2, 0.25) is 21.7 Å². The van der Waals surface area contributed by atoms with Crippen molar-refractivity contribution < 1.29 is 22.3 Å². The van der Waals surface area contributed by atoms with E-state index in [1.807, 2.05) is 13.8 Å². The summed E-state index contributed by atoms with van der Waals surface area (Å²) < 4.78 is 44.7. The average molecular weight is 391 g/mol.